The third kappa shape index (κ3) is 3.44. The number of anilines is 1. The van der Waals surface area contributed by atoms with Crippen molar-refractivity contribution in [2.75, 3.05) is 32.1 Å². The second kappa shape index (κ2) is 6.36. The van der Waals surface area contributed by atoms with Crippen molar-refractivity contribution in [2.45, 2.75) is 19.9 Å². The summed E-state index contributed by atoms with van der Waals surface area (Å²) in [5.41, 5.74) is 1.19. The van der Waals surface area contributed by atoms with Crippen molar-refractivity contribution in [3.05, 3.63) is 29.6 Å². The predicted octanol–water partition coefficient (Wildman–Crippen LogP) is 2.47. The molecule has 1 unspecified atom stereocenters. The van der Waals surface area contributed by atoms with Gasteiger partial charge in [0.2, 0.25) is 0 Å². The Balaban J connectivity index is 3.05. The lowest BCUT2D eigenvalue weighted by molar-refractivity contribution is 0.373. The number of hydrogen-bond donors (Lipinski definition) is 0. The number of hydrogen-bond acceptors (Lipinski definition) is 3. The van der Waals surface area contributed by atoms with Crippen molar-refractivity contribution >= 4 is 5.69 Å². The molecule has 0 fully saturated rings. The maximum absolute atomic E-state index is 13.1. The van der Waals surface area contributed by atoms with Crippen molar-refractivity contribution in [3.8, 4) is 6.07 Å². The van der Waals surface area contributed by atoms with E-state index < -0.39 is 0 Å². The SMILES string of the molecule is CCN(c1ccc(F)cc1C#N)C(C)CN(C)C. The van der Waals surface area contributed by atoms with Gasteiger partial charge in [-0.05, 0) is 46.1 Å². The van der Waals surface area contributed by atoms with Gasteiger partial charge in [-0.2, -0.15) is 5.26 Å². The maximum Gasteiger partial charge on any atom is 0.124 e. The summed E-state index contributed by atoms with van der Waals surface area (Å²) in [6, 6.07) is 6.71. The average Bonchev–Trinajstić information content (AvgIpc) is 2.30. The quantitative estimate of drug-likeness (QED) is 0.803. The summed E-state index contributed by atoms with van der Waals surface area (Å²) >= 11 is 0. The summed E-state index contributed by atoms with van der Waals surface area (Å²) < 4.78 is 13.1. The molecule has 0 saturated heterocycles. The Morgan fingerprint density at radius 3 is 2.56 bits per heavy atom. The first-order chi connectivity index (χ1) is 8.49. The molecule has 0 heterocycles. The Morgan fingerprint density at radius 2 is 2.06 bits per heavy atom. The van der Waals surface area contributed by atoms with Crippen LogP contribution < -0.4 is 4.90 Å². The molecule has 0 bridgehead atoms. The zero-order valence-corrected chi connectivity index (χ0v) is 11.4. The molecule has 1 rings (SSSR count). The van der Waals surface area contributed by atoms with Crippen LogP contribution in [0.2, 0.25) is 0 Å². The number of rotatable bonds is 5. The van der Waals surface area contributed by atoms with Gasteiger partial charge >= 0.3 is 0 Å². The zero-order valence-electron chi connectivity index (χ0n) is 11.4. The summed E-state index contributed by atoms with van der Waals surface area (Å²) in [6.07, 6.45) is 0. The number of nitriles is 1. The molecular formula is C14H20FN3. The molecule has 0 aliphatic carbocycles. The molecule has 1 aromatic carbocycles. The van der Waals surface area contributed by atoms with Crippen LogP contribution in [0.25, 0.3) is 0 Å². The standard InChI is InChI=1S/C14H20FN3/c1-5-18(11(2)10-17(3)4)14-7-6-13(15)8-12(14)9-16/h6-8,11H,5,10H2,1-4H3. The first-order valence-corrected chi connectivity index (χ1v) is 6.10. The van der Waals surface area contributed by atoms with Gasteiger partial charge in [0.15, 0.2) is 0 Å². The van der Waals surface area contributed by atoms with Crippen molar-refractivity contribution in [2.24, 2.45) is 0 Å². The summed E-state index contributed by atoms with van der Waals surface area (Å²) in [5, 5.41) is 9.10. The third-order valence-electron chi connectivity index (χ3n) is 2.89. The van der Waals surface area contributed by atoms with Gasteiger partial charge in [0.25, 0.3) is 0 Å². The van der Waals surface area contributed by atoms with E-state index in [0.29, 0.717) is 5.56 Å². The predicted molar refractivity (Wildman–Crippen MR) is 72.2 cm³/mol. The minimum Gasteiger partial charge on any atom is -0.367 e. The Hall–Kier alpha value is -1.60. The lowest BCUT2D eigenvalue weighted by Gasteiger charge is -2.32. The number of likely N-dealkylation sites (N-methyl/N-ethyl adjacent to an activating group) is 2. The highest BCUT2D eigenvalue weighted by atomic mass is 19.1. The zero-order chi connectivity index (χ0) is 13.7. The summed E-state index contributed by atoms with van der Waals surface area (Å²) in [4.78, 5) is 4.22. The smallest absolute Gasteiger partial charge is 0.124 e. The number of benzene rings is 1. The highest BCUT2D eigenvalue weighted by Gasteiger charge is 2.17. The minimum absolute atomic E-state index is 0.266. The Kier molecular flexibility index (Phi) is 5.11. The number of nitrogens with zero attached hydrogens (tertiary/aromatic N) is 3. The molecule has 0 amide bonds. The van der Waals surface area contributed by atoms with E-state index >= 15 is 0 Å². The minimum atomic E-state index is -0.369. The van der Waals surface area contributed by atoms with Crippen LogP contribution in [0.5, 0.6) is 0 Å². The van der Waals surface area contributed by atoms with Crippen LogP contribution >= 0.6 is 0 Å². The van der Waals surface area contributed by atoms with Crippen LogP contribution in [0, 0.1) is 17.1 Å². The monoisotopic (exact) mass is 249 g/mol. The van der Waals surface area contributed by atoms with E-state index in [2.05, 4.69) is 22.8 Å². The first-order valence-electron chi connectivity index (χ1n) is 6.10. The molecular weight excluding hydrogens is 229 g/mol. The lowest BCUT2D eigenvalue weighted by atomic mass is 10.1. The fourth-order valence-electron chi connectivity index (χ4n) is 2.19. The molecule has 18 heavy (non-hydrogen) atoms. The van der Waals surface area contributed by atoms with Gasteiger partial charge in [-0.1, -0.05) is 0 Å². The third-order valence-corrected chi connectivity index (χ3v) is 2.89. The van der Waals surface area contributed by atoms with E-state index in [4.69, 9.17) is 5.26 Å². The van der Waals surface area contributed by atoms with Crippen LogP contribution in [-0.4, -0.2) is 38.1 Å². The van der Waals surface area contributed by atoms with Crippen molar-refractivity contribution in [1.82, 2.24) is 4.90 Å². The molecule has 0 radical (unpaired) electrons. The van der Waals surface area contributed by atoms with E-state index in [1.165, 1.54) is 12.1 Å². The van der Waals surface area contributed by atoms with Crippen LogP contribution in [-0.2, 0) is 0 Å². The molecule has 0 aromatic heterocycles. The summed E-state index contributed by atoms with van der Waals surface area (Å²) in [7, 11) is 4.03. The van der Waals surface area contributed by atoms with Gasteiger partial charge in [-0.3, -0.25) is 0 Å². The van der Waals surface area contributed by atoms with Crippen molar-refractivity contribution in [3.63, 3.8) is 0 Å². The largest absolute Gasteiger partial charge is 0.367 e. The van der Waals surface area contributed by atoms with Crippen molar-refractivity contribution in [1.29, 1.82) is 5.26 Å². The summed E-state index contributed by atoms with van der Waals surface area (Å²) in [6.45, 7) is 5.82. The summed E-state index contributed by atoms with van der Waals surface area (Å²) in [5.74, 6) is -0.369. The molecule has 98 valence electrons. The highest BCUT2D eigenvalue weighted by molar-refractivity contribution is 5.60. The maximum atomic E-state index is 13.1. The number of halogens is 1. The topological polar surface area (TPSA) is 30.3 Å². The van der Waals surface area contributed by atoms with Gasteiger partial charge in [0.1, 0.15) is 11.9 Å². The van der Waals surface area contributed by atoms with E-state index in [9.17, 15) is 4.39 Å². The molecule has 4 heteroatoms. The molecule has 0 aliphatic rings. The molecule has 0 saturated carbocycles. The average molecular weight is 249 g/mol. The van der Waals surface area contributed by atoms with E-state index in [1.54, 1.807) is 6.07 Å². The molecule has 3 nitrogen and oxygen atoms in total. The van der Waals surface area contributed by atoms with Gasteiger partial charge in [0, 0.05) is 19.1 Å². The Morgan fingerprint density at radius 1 is 1.39 bits per heavy atom. The Labute approximate surface area is 108 Å². The molecule has 1 atom stereocenters. The molecule has 0 aliphatic heterocycles. The van der Waals surface area contributed by atoms with Crippen LogP contribution in [0.15, 0.2) is 18.2 Å². The van der Waals surface area contributed by atoms with Gasteiger partial charge in [-0.25, -0.2) is 4.39 Å². The second-order valence-corrected chi connectivity index (χ2v) is 4.67. The van der Waals surface area contributed by atoms with Gasteiger partial charge in [0.05, 0.1) is 11.3 Å². The first kappa shape index (κ1) is 14.5. The lowest BCUT2D eigenvalue weighted by Crippen LogP contribution is -2.40. The van der Waals surface area contributed by atoms with Gasteiger partial charge in [-0.15, -0.1) is 0 Å². The van der Waals surface area contributed by atoms with E-state index in [1.807, 2.05) is 21.0 Å². The van der Waals surface area contributed by atoms with Crippen LogP contribution in [0.3, 0.4) is 0 Å². The molecule has 1 aromatic rings. The fraction of sp³-hybridized carbons (Fsp3) is 0.500. The van der Waals surface area contributed by atoms with E-state index in [-0.39, 0.29) is 11.9 Å². The molecule has 0 spiro atoms. The van der Waals surface area contributed by atoms with E-state index in [0.717, 1.165) is 18.8 Å². The van der Waals surface area contributed by atoms with Gasteiger partial charge < -0.3 is 9.80 Å². The molecule has 0 N–H and O–H groups in total. The Bertz CT molecular complexity index is 437. The highest BCUT2D eigenvalue weighted by Crippen LogP contribution is 2.23. The fourth-order valence-corrected chi connectivity index (χ4v) is 2.19. The van der Waals surface area contributed by atoms with Crippen molar-refractivity contribution < 1.29 is 4.39 Å². The normalized spacial score (nSPS) is 12.3. The second-order valence-electron chi connectivity index (χ2n) is 4.67. The van der Waals surface area contributed by atoms with Crippen LogP contribution in [0.1, 0.15) is 19.4 Å². The van der Waals surface area contributed by atoms with Crippen LogP contribution in [0.4, 0.5) is 10.1 Å².